The molecule has 1 saturated heterocycles. The van der Waals surface area contributed by atoms with Gasteiger partial charge in [0.2, 0.25) is 11.8 Å². The molecular weight excluding hydrogens is 414 g/mol. The average molecular weight is 437 g/mol. The Hall–Kier alpha value is -3.73. The maximum Gasteiger partial charge on any atom is 0.340 e. The number of rotatable bonds is 4. The second kappa shape index (κ2) is 7.41. The van der Waals surface area contributed by atoms with E-state index in [1.165, 1.54) is 4.90 Å². The number of benzene rings is 3. The minimum Gasteiger partial charge on any atom is -0.462 e. The van der Waals surface area contributed by atoms with Crippen LogP contribution in [0.5, 0.6) is 0 Å². The van der Waals surface area contributed by atoms with Crippen molar-refractivity contribution in [1.82, 2.24) is 0 Å². The van der Waals surface area contributed by atoms with Gasteiger partial charge in [-0.2, -0.15) is 0 Å². The molecule has 0 N–H and O–H groups in total. The predicted molar refractivity (Wildman–Crippen MR) is 123 cm³/mol. The van der Waals surface area contributed by atoms with Crippen molar-refractivity contribution in [3.8, 4) is 0 Å². The molecule has 2 unspecified atom stereocenters. The lowest BCUT2D eigenvalue weighted by Crippen LogP contribution is -2.41. The van der Waals surface area contributed by atoms with Crippen LogP contribution < -0.4 is 4.90 Å². The highest BCUT2D eigenvalue weighted by Crippen LogP contribution is 2.61. The monoisotopic (exact) mass is 437 g/mol. The Morgan fingerprint density at radius 3 is 1.70 bits per heavy atom. The summed E-state index contributed by atoms with van der Waals surface area (Å²) in [6, 6.07) is 23.0. The van der Waals surface area contributed by atoms with E-state index in [4.69, 9.17) is 4.74 Å². The number of hydrogen-bond donors (Lipinski definition) is 0. The molecule has 3 aromatic rings. The van der Waals surface area contributed by atoms with Crippen molar-refractivity contribution in [1.29, 1.82) is 0 Å². The van der Waals surface area contributed by atoms with Crippen LogP contribution >= 0.6 is 0 Å². The number of nitrogens with zero attached hydrogens (tertiary/aromatic N) is 1. The Kier molecular flexibility index (Phi) is 4.47. The first-order chi connectivity index (χ1) is 16.1. The van der Waals surface area contributed by atoms with Gasteiger partial charge in [-0.25, -0.2) is 9.69 Å². The maximum atomic E-state index is 13.9. The molecule has 0 spiro atoms. The van der Waals surface area contributed by atoms with E-state index < -0.39 is 17.8 Å². The second-order valence-corrected chi connectivity index (χ2v) is 8.93. The van der Waals surface area contributed by atoms with E-state index in [9.17, 15) is 14.4 Å². The number of amides is 2. The Labute approximate surface area is 192 Å². The molecule has 3 aromatic carbocycles. The van der Waals surface area contributed by atoms with Crippen LogP contribution in [0.3, 0.4) is 0 Å². The van der Waals surface area contributed by atoms with Crippen LogP contribution in [-0.4, -0.2) is 24.4 Å². The van der Waals surface area contributed by atoms with Crippen molar-refractivity contribution >= 4 is 23.5 Å². The SMILES string of the molecule is CCCOC(=O)c1ccccc1N1C(=O)C2C3c4ccccc4C(c4ccccc43)C2C1=O. The van der Waals surface area contributed by atoms with Crippen LogP contribution in [0.4, 0.5) is 5.69 Å². The number of anilines is 1. The molecule has 0 radical (unpaired) electrons. The predicted octanol–water partition coefficient (Wildman–Crippen LogP) is 4.65. The van der Waals surface area contributed by atoms with Gasteiger partial charge >= 0.3 is 5.97 Å². The first kappa shape index (κ1) is 19.9. The van der Waals surface area contributed by atoms with Crippen LogP contribution in [-0.2, 0) is 14.3 Å². The molecular formula is C28H23NO4. The number of para-hydroxylation sites is 1. The summed E-state index contributed by atoms with van der Waals surface area (Å²) in [5.41, 5.74) is 5.06. The summed E-state index contributed by atoms with van der Waals surface area (Å²) >= 11 is 0. The third-order valence-electron chi connectivity index (χ3n) is 7.25. The quantitative estimate of drug-likeness (QED) is 0.440. The fourth-order valence-corrected chi connectivity index (χ4v) is 6.03. The second-order valence-electron chi connectivity index (χ2n) is 8.93. The largest absolute Gasteiger partial charge is 0.462 e. The number of hydrogen-bond acceptors (Lipinski definition) is 4. The van der Waals surface area contributed by atoms with Gasteiger partial charge < -0.3 is 4.74 Å². The molecule has 7 rings (SSSR count). The van der Waals surface area contributed by atoms with Crippen LogP contribution in [0.2, 0.25) is 0 Å². The van der Waals surface area contributed by atoms with Gasteiger partial charge in [0.15, 0.2) is 0 Å². The van der Waals surface area contributed by atoms with E-state index >= 15 is 0 Å². The smallest absolute Gasteiger partial charge is 0.340 e. The van der Waals surface area contributed by atoms with Gasteiger partial charge in [0.1, 0.15) is 0 Å². The maximum absolute atomic E-state index is 13.9. The van der Waals surface area contributed by atoms with E-state index in [1.54, 1.807) is 24.3 Å². The molecule has 1 heterocycles. The van der Waals surface area contributed by atoms with Gasteiger partial charge in [0, 0.05) is 11.8 Å². The van der Waals surface area contributed by atoms with Gasteiger partial charge in [0.25, 0.3) is 0 Å². The first-order valence-corrected chi connectivity index (χ1v) is 11.4. The molecule has 5 heteroatoms. The fourth-order valence-electron chi connectivity index (χ4n) is 6.03. The molecule has 164 valence electrons. The normalized spacial score (nSPS) is 24.3. The minimum atomic E-state index is -0.516. The molecule has 0 aromatic heterocycles. The molecule has 4 aliphatic rings. The van der Waals surface area contributed by atoms with Gasteiger partial charge in [-0.05, 0) is 40.8 Å². The van der Waals surface area contributed by atoms with E-state index in [-0.39, 0.29) is 35.8 Å². The third kappa shape index (κ3) is 2.68. The highest BCUT2D eigenvalue weighted by atomic mass is 16.5. The van der Waals surface area contributed by atoms with E-state index in [1.807, 2.05) is 31.2 Å². The number of imide groups is 1. The van der Waals surface area contributed by atoms with Crippen molar-refractivity contribution in [2.75, 3.05) is 11.5 Å². The zero-order chi connectivity index (χ0) is 22.7. The number of carbonyl (C=O) groups excluding carboxylic acids is 3. The molecule has 2 atom stereocenters. The van der Waals surface area contributed by atoms with Crippen LogP contribution in [0.15, 0.2) is 72.8 Å². The molecule has 0 saturated carbocycles. The topological polar surface area (TPSA) is 63.7 Å². The molecule has 33 heavy (non-hydrogen) atoms. The Balaban J connectivity index is 1.49. The standard InChI is InChI=1S/C28H23NO4/c1-2-15-33-28(32)20-13-7-8-14-21(20)29-26(30)24-22-16-9-3-4-10-17(16)23(25(24)27(29)31)19-12-6-5-11-18(19)22/h3-14,22-25H,2,15H2,1H3. The van der Waals surface area contributed by atoms with Gasteiger partial charge in [-0.3, -0.25) is 9.59 Å². The summed E-state index contributed by atoms with van der Waals surface area (Å²) in [5, 5.41) is 0. The molecule has 1 fully saturated rings. The molecule has 3 aliphatic carbocycles. The lowest BCUT2D eigenvalue weighted by Gasteiger charge is -2.45. The molecule has 2 amide bonds. The van der Waals surface area contributed by atoms with E-state index in [0.717, 1.165) is 22.3 Å². The van der Waals surface area contributed by atoms with Crippen molar-refractivity contribution in [3.63, 3.8) is 0 Å². The Morgan fingerprint density at radius 1 is 0.758 bits per heavy atom. The summed E-state index contributed by atoms with van der Waals surface area (Å²) in [4.78, 5) is 41.8. The van der Waals surface area contributed by atoms with Gasteiger partial charge in [-0.15, -0.1) is 0 Å². The zero-order valence-electron chi connectivity index (χ0n) is 18.2. The number of carbonyl (C=O) groups is 3. The summed E-state index contributed by atoms with van der Waals surface area (Å²) < 4.78 is 5.33. The number of esters is 1. The molecule has 1 aliphatic heterocycles. The Morgan fingerprint density at radius 2 is 1.21 bits per heavy atom. The average Bonchev–Trinajstić information content (AvgIpc) is 3.13. The van der Waals surface area contributed by atoms with Crippen molar-refractivity contribution in [2.45, 2.75) is 25.2 Å². The summed E-state index contributed by atoms with van der Waals surface area (Å²) in [6.45, 7) is 2.21. The minimum absolute atomic E-state index is 0.173. The van der Waals surface area contributed by atoms with E-state index in [2.05, 4.69) is 24.3 Å². The zero-order valence-corrected chi connectivity index (χ0v) is 18.2. The van der Waals surface area contributed by atoms with Crippen molar-refractivity contribution < 1.29 is 19.1 Å². The van der Waals surface area contributed by atoms with Gasteiger partial charge in [-0.1, -0.05) is 67.6 Å². The number of ether oxygens (including phenoxy) is 1. The lowest BCUT2D eigenvalue weighted by molar-refractivity contribution is -0.122. The van der Waals surface area contributed by atoms with Gasteiger partial charge in [0.05, 0.1) is 29.7 Å². The summed E-state index contributed by atoms with van der Waals surface area (Å²) in [6.07, 6.45) is 0.694. The van der Waals surface area contributed by atoms with Crippen LogP contribution in [0, 0.1) is 11.8 Å². The summed E-state index contributed by atoms with van der Waals surface area (Å²) in [7, 11) is 0. The van der Waals surface area contributed by atoms with Crippen molar-refractivity contribution in [3.05, 3.63) is 101 Å². The third-order valence-corrected chi connectivity index (χ3v) is 7.25. The molecule has 5 nitrogen and oxygen atoms in total. The van der Waals surface area contributed by atoms with Crippen LogP contribution in [0.25, 0.3) is 0 Å². The highest BCUT2D eigenvalue weighted by molar-refractivity contribution is 6.25. The lowest BCUT2D eigenvalue weighted by atomic mass is 9.55. The molecule has 2 bridgehead atoms. The van der Waals surface area contributed by atoms with Crippen molar-refractivity contribution in [2.24, 2.45) is 11.8 Å². The summed E-state index contributed by atoms with van der Waals surface area (Å²) in [5.74, 6) is -2.29. The van der Waals surface area contributed by atoms with Crippen LogP contribution in [0.1, 0.15) is 57.8 Å². The fraction of sp³-hybridized carbons (Fsp3) is 0.250. The Bertz CT molecular complexity index is 1200. The van der Waals surface area contributed by atoms with E-state index in [0.29, 0.717) is 12.1 Å². The highest BCUT2D eigenvalue weighted by Gasteiger charge is 2.62. The first-order valence-electron chi connectivity index (χ1n) is 11.4.